The van der Waals surface area contributed by atoms with Crippen LogP contribution in [0.4, 0.5) is 10.5 Å². The Balaban J connectivity index is 1.79. The number of nitrogens with one attached hydrogen (secondary N) is 3. The van der Waals surface area contributed by atoms with Crippen molar-refractivity contribution >= 4 is 34.5 Å². The van der Waals surface area contributed by atoms with E-state index >= 15 is 0 Å². The molecule has 0 fully saturated rings. The molecule has 7 nitrogen and oxygen atoms in total. The van der Waals surface area contributed by atoms with Crippen LogP contribution in [0.5, 0.6) is 11.5 Å². The smallest absolute Gasteiger partial charge is 0.318 e. The number of fused-ring (bicyclic) bond motifs is 2. The number of urea groups is 1. The van der Waals surface area contributed by atoms with Crippen LogP contribution in [0.25, 0.3) is 17.0 Å². The highest BCUT2D eigenvalue weighted by Gasteiger charge is 2.30. The molecule has 2 heterocycles. The van der Waals surface area contributed by atoms with Crippen molar-refractivity contribution in [2.45, 2.75) is 26.2 Å². The van der Waals surface area contributed by atoms with E-state index in [1.165, 1.54) is 7.05 Å². The highest BCUT2D eigenvalue weighted by Crippen LogP contribution is 2.38. The van der Waals surface area contributed by atoms with E-state index in [0.29, 0.717) is 17.0 Å². The van der Waals surface area contributed by atoms with E-state index in [1.807, 2.05) is 18.2 Å². The second-order valence-electron chi connectivity index (χ2n) is 8.43. The highest BCUT2D eigenvalue weighted by molar-refractivity contribution is 6.16. The number of aromatic nitrogens is 1. The fraction of sp³-hybridized carbons (Fsp3) is 0.250. The van der Waals surface area contributed by atoms with Crippen molar-refractivity contribution in [2.24, 2.45) is 0 Å². The van der Waals surface area contributed by atoms with Crippen LogP contribution in [0.3, 0.4) is 0 Å². The predicted molar refractivity (Wildman–Crippen MR) is 121 cm³/mol. The summed E-state index contributed by atoms with van der Waals surface area (Å²) in [5.41, 5.74) is 3.59. The van der Waals surface area contributed by atoms with Crippen LogP contribution in [0, 0.1) is 0 Å². The lowest BCUT2D eigenvalue weighted by molar-refractivity contribution is 0.101. The summed E-state index contributed by atoms with van der Waals surface area (Å²) < 4.78 is 11.3. The summed E-state index contributed by atoms with van der Waals surface area (Å²) in [5, 5.41) is 6.11. The third-order valence-electron chi connectivity index (χ3n) is 5.22. The molecule has 7 heteroatoms. The summed E-state index contributed by atoms with van der Waals surface area (Å²) in [5.74, 6) is 1.21. The number of rotatable bonds is 3. The van der Waals surface area contributed by atoms with Gasteiger partial charge in [-0.2, -0.15) is 0 Å². The van der Waals surface area contributed by atoms with Gasteiger partial charge in [-0.15, -0.1) is 0 Å². The van der Waals surface area contributed by atoms with E-state index in [9.17, 15) is 9.59 Å². The van der Waals surface area contributed by atoms with Crippen molar-refractivity contribution in [3.63, 3.8) is 0 Å². The molecule has 3 N–H and O–H groups in total. The summed E-state index contributed by atoms with van der Waals surface area (Å²) in [6.07, 6.45) is 1.78. The molecule has 4 rings (SSSR count). The van der Waals surface area contributed by atoms with Crippen molar-refractivity contribution < 1.29 is 19.1 Å². The number of hydrogen-bond donors (Lipinski definition) is 3. The normalized spacial score (nSPS) is 14.5. The van der Waals surface area contributed by atoms with Crippen LogP contribution < -0.4 is 20.1 Å². The molecule has 1 aromatic heterocycles. The average molecular weight is 419 g/mol. The number of aromatic amines is 1. The Morgan fingerprint density at radius 1 is 1.16 bits per heavy atom. The van der Waals surface area contributed by atoms with E-state index < -0.39 is 0 Å². The monoisotopic (exact) mass is 419 g/mol. The van der Waals surface area contributed by atoms with Gasteiger partial charge in [0.25, 0.3) is 0 Å². The SMILES string of the molecule is CNC(=O)Nc1ccc2c(c1)C(=O)C(=Cc1c(C(C)(C)C)[nH]c3ccc(OC)cc13)O2. The van der Waals surface area contributed by atoms with Gasteiger partial charge in [0.05, 0.1) is 12.7 Å². The summed E-state index contributed by atoms with van der Waals surface area (Å²) in [6, 6.07) is 10.5. The minimum Gasteiger partial charge on any atom is -0.497 e. The molecule has 2 amide bonds. The number of ether oxygens (including phenoxy) is 2. The predicted octanol–water partition coefficient (Wildman–Crippen LogP) is 4.84. The molecular weight excluding hydrogens is 394 g/mol. The first-order valence-corrected chi connectivity index (χ1v) is 9.98. The number of amides is 2. The Kier molecular flexibility index (Phi) is 4.97. The lowest BCUT2D eigenvalue weighted by atomic mass is 9.88. The lowest BCUT2D eigenvalue weighted by Crippen LogP contribution is -2.24. The molecule has 31 heavy (non-hydrogen) atoms. The molecule has 2 aromatic carbocycles. The van der Waals surface area contributed by atoms with Crippen LogP contribution >= 0.6 is 0 Å². The molecule has 0 aliphatic carbocycles. The maximum atomic E-state index is 13.1. The van der Waals surface area contributed by atoms with Crippen LogP contribution in [0.1, 0.15) is 42.4 Å². The number of carbonyl (C=O) groups is 2. The first-order valence-electron chi connectivity index (χ1n) is 9.98. The zero-order valence-corrected chi connectivity index (χ0v) is 18.2. The van der Waals surface area contributed by atoms with Gasteiger partial charge in [-0.25, -0.2) is 4.79 Å². The molecule has 0 bridgehead atoms. The Bertz CT molecular complexity index is 1230. The number of Topliss-reactive ketones (excluding diaryl/α,β-unsaturated/α-hetero) is 1. The Labute approximate surface area is 180 Å². The van der Waals surface area contributed by atoms with Gasteiger partial charge in [0.2, 0.25) is 5.78 Å². The van der Waals surface area contributed by atoms with Gasteiger partial charge < -0.3 is 25.1 Å². The molecule has 160 valence electrons. The standard InChI is InChI=1S/C24H25N3O4/c1-24(2,3)22-16(15-11-14(30-5)7-8-18(15)27-22)12-20-21(28)17-10-13(26-23(29)25-4)6-9-19(17)31-20/h6-12,27H,1-5H3,(H2,25,26,29). The third kappa shape index (κ3) is 3.74. The van der Waals surface area contributed by atoms with Gasteiger partial charge in [0, 0.05) is 40.3 Å². The summed E-state index contributed by atoms with van der Waals surface area (Å²) in [4.78, 5) is 28.2. The van der Waals surface area contributed by atoms with Gasteiger partial charge in [-0.1, -0.05) is 20.8 Å². The molecule has 0 saturated heterocycles. The van der Waals surface area contributed by atoms with Gasteiger partial charge in [-0.05, 0) is 42.5 Å². The fourth-order valence-corrected chi connectivity index (χ4v) is 3.65. The second-order valence-corrected chi connectivity index (χ2v) is 8.43. The third-order valence-corrected chi connectivity index (χ3v) is 5.22. The van der Waals surface area contributed by atoms with Crippen molar-refractivity contribution in [3.8, 4) is 11.5 Å². The van der Waals surface area contributed by atoms with Crippen molar-refractivity contribution in [1.82, 2.24) is 10.3 Å². The number of hydrogen-bond acceptors (Lipinski definition) is 4. The molecule has 1 aliphatic heterocycles. The largest absolute Gasteiger partial charge is 0.497 e. The van der Waals surface area contributed by atoms with Crippen LogP contribution in [0.2, 0.25) is 0 Å². The minimum absolute atomic E-state index is 0.183. The number of ketones is 1. The van der Waals surface area contributed by atoms with Gasteiger partial charge >= 0.3 is 6.03 Å². The Hall–Kier alpha value is -3.74. The fourth-order valence-electron chi connectivity index (χ4n) is 3.65. The number of methoxy groups -OCH3 is 1. The molecule has 1 aliphatic rings. The molecule has 3 aromatic rings. The average Bonchev–Trinajstić information content (AvgIpc) is 3.26. The second kappa shape index (κ2) is 7.50. The zero-order chi connectivity index (χ0) is 22.3. The van der Waals surface area contributed by atoms with E-state index in [1.54, 1.807) is 31.4 Å². The summed E-state index contributed by atoms with van der Waals surface area (Å²) >= 11 is 0. The van der Waals surface area contributed by atoms with E-state index in [-0.39, 0.29) is 23.0 Å². The number of carbonyl (C=O) groups excluding carboxylic acids is 2. The van der Waals surface area contributed by atoms with Gasteiger partial charge in [0.1, 0.15) is 11.5 Å². The first-order chi connectivity index (χ1) is 14.7. The Morgan fingerprint density at radius 3 is 2.61 bits per heavy atom. The van der Waals surface area contributed by atoms with Crippen molar-refractivity contribution in [2.75, 3.05) is 19.5 Å². The molecule has 0 spiro atoms. The Morgan fingerprint density at radius 2 is 1.94 bits per heavy atom. The maximum absolute atomic E-state index is 13.1. The topological polar surface area (TPSA) is 92.5 Å². The van der Waals surface area contributed by atoms with E-state index in [0.717, 1.165) is 27.9 Å². The number of H-pyrrole nitrogens is 1. The van der Waals surface area contributed by atoms with E-state index in [4.69, 9.17) is 9.47 Å². The minimum atomic E-state index is -0.357. The van der Waals surface area contributed by atoms with Crippen LogP contribution in [-0.4, -0.2) is 31.0 Å². The quantitative estimate of drug-likeness (QED) is 0.530. The molecule has 0 atom stereocenters. The number of allylic oxidation sites excluding steroid dienone is 1. The molecule has 0 radical (unpaired) electrons. The summed E-state index contributed by atoms with van der Waals surface area (Å²) in [7, 11) is 3.15. The van der Waals surface area contributed by atoms with Crippen molar-refractivity contribution in [1.29, 1.82) is 0 Å². The zero-order valence-electron chi connectivity index (χ0n) is 18.2. The van der Waals surface area contributed by atoms with E-state index in [2.05, 4.69) is 36.4 Å². The number of anilines is 1. The molecule has 0 unspecified atom stereocenters. The number of benzene rings is 2. The van der Waals surface area contributed by atoms with Gasteiger partial charge in [0.15, 0.2) is 5.76 Å². The maximum Gasteiger partial charge on any atom is 0.318 e. The first kappa shape index (κ1) is 20.5. The lowest BCUT2D eigenvalue weighted by Gasteiger charge is -2.18. The highest BCUT2D eigenvalue weighted by atomic mass is 16.5. The molecule has 0 saturated carbocycles. The van der Waals surface area contributed by atoms with Crippen LogP contribution in [0.15, 0.2) is 42.2 Å². The van der Waals surface area contributed by atoms with Gasteiger partial charge in [-0.3, -0.25) is 4.79 Å². The van der Waals surface area contributed by atoms with Crippen LogP contribution in [-0.2, 0) is 5.41 Å². The molecular formula is C24H25N3O4. The van der Waals surface area contributed by atoms with Crippen molar-refractivity contribution in [3.05, 3.63) is 59.0 Å². The summed E-state index contributed by atoms with van der Waals surface area (Å²) in [6.45, 7) is 6.33.